The minimum absolute atomic E-state index is 0.112. The van der Waals surface area contributed by atoms with Crippen LogP contribution in [0, 0.1) is 12.7 Å². The molecule has 2 aliphatic rings. The van der Waals surface area contributed by atoms with Gasteiger partial charge < -0.3 is 14.5 Å². The molecule has 1 N–H and O–H groups in total. The number of H-pyrrole nitrogens is 1. The van der Waals surface area contributed by atoms with E-state index in [9.17, 15) is 9.18 Å². The maximum absolute atomic E-state index is 14.3. The molecule has 4 heterocycles. The van der Waals surface area contributed by atoms with Crippen molar-refractivity contribution in [3.8, 4) is 17.0 Å². The van der Waals surface area contributed by atoms with Crippen LogP contribution in [0.3, 0.4) is 0 Å². The van der Waals surface area contributed by atoms with E-state index in [1.165, 1.54) is 6.07 Å². The molecule has 34 heavy (non-hydrogen) atoms. The Morgan fingerprint density at radius 1 is 1.21 bits per heavy atom. The van der Waals surface area contributed by atoms with Crippen LogP contribution in [0.25, 0.3) is 11.1 Å². The third-order valence-electron chi connectivity index (χ3n) is 7.24. The number of methoxy groups -OCH3 is 1. The molecule has 3 aromatic rings. The zero-order valence-corrected chi connectivity index (χ0v) is 19.7. The molecule has 9 heteroatoms. The summed E-state index contributed by atoms with van der Waals surface area (Å²) in [6.45, 7) is 4.47. The lowest BCUT2D eigenvalue weighted by Crippen LogP contribution is -2.53. The third kappa shape index (κ3) is 3.79. The van der Waals surface area contributed by atoms with E-state index in [1.807, 2.05) is 23.1 Å². The molecule has 1 spiro atoms. The molecular formula is C25H29FN6O2. The van der Waals surface area contributed by atoms with Gasteiger partial charge in [-0.15, -0.1) is 0 Å². The molecule has 2 aliphatic heterocycles. The van der Waals surface area contributed by atoms with Crippen LogP contribution in [-0.4, -0.2) is 70.3 Å². The zero-order chi connectivity index (χ0) is 23.9. The lowest BCUT2D eigenvalue weighted by Gasteiger charge is -2.43. The molecule has 2 amide bonds. The van der Waals surface area contributed by atoms with Gasteiger partial charge in [0.05, 0.1) is 25.4 Å². The first-order valence-corrected chi connectivity index (χ1v) is 11.5. The number of likely N-dealkylation sites (tertiary alicyclic amines) is 1. The first-order valence-electron chi connectivity index (χ1n) is 11.5. The van der Waals surface area contributed by atoms with Gasteiger partial charge in [-0.1, -0.05) is 12.1 Å². The molecule has 0 aliphatic carbocycles. The molecule has 2 fully saturated rings. The summed E-state index contributed by atoms with van der Waals surface area (Å²) in [5, 5.41) is 6.80. The first kappa shape index (κ1) is 22.3. The van der Waals surface area contributed by atoms with E-state index in [1.54, 1.807) is 37.4 Å². The molecule has 0 radical (unpaired) electrons. The monoisotopic (exact) mass is 464 g/mol. The van der Waals surface area contributed by atoms with Crippen LogP contribution in [0.1, 0.15) is 24.0 Å². The van der Waals surface area contributed by atoms with Gasteiger partial charge in [-0.2, -0.15) is 10.1 Å². The van der Waals surface area contributed by atoms with E-state index >= 15 is 0 Å². The number of urea groups is 1. The first-order chi connectivity index (χ1) is 16.4. The smallest absolute Gasteiger partial charge is 0.326 e. The Kier molecular flexibility index (Phi) is 5.73. The Morgan fingerprint density at radius 2 is 2.00 bits per heavy atom. The summed E-state index contributed by atoms with van der Waals surface area (Å²) in [6, 6.07) is 8.71. The highest BCUT2D eigenvalue weighted by molar-refractivity contribution is 5.95. The van der Waals surface area contributed by atoms with E-state index in [4.69, 9.17) is 4.74 Å². The van der Waals surface area contributed by atoms with Crippen molar-refractivity contribution in [2.45, 2.75) is 31.8 Å². The Morgan fingerprint density at radius 3 is 2.71 bits per heavy atom. The number of aromatic nitrogens is 3. The number of benzene rings is 1. The van der Waals surface area contributed by atoms with Crippen molar-refractivity contribution >= 4 is 11.8 Å². The van der Waals surface area contributed by atoms with Crippen molar-refractivity contribution in [3.63, 3.8) is 0 Å². The molecule has 0 atom stereocenters. The number of nitrogens with zero attached hydrogens (tertiary/aromatic N) is 5. The second-order valence-corrected chi connectivity index (χ2v) is 9.22. The van der Waals surface area contributed by atoms with Crippen LogP contribution in [0.2, 0.25) is 0 Å². The van der Waals surface area contributed by atoms with Gasteiger partial charge in [0.2, 0.25) is 5.88 Å². The molecule has 0 bridgehead atoms. The summed E-state index contributed by atoms with van der Waals surface area (Å²) < 4.78 is 19.8. The summed E-state index contributed by atoms with van der Waals surface area (Å²) in [5.41, 5.74) is 2.74. The predicted octanol–water partition coefficient (Wildman–Crippen LogP) is 3.83. The number of ether oxygens (including phenoxy) is 1. The summed E-state index contributed by atoms with van der Waals surface area (Å²) >= 11 is 0. The number of piperidine rings is 1. The minimum Gasteiger partial charge on any atom is -0.480 e. The van der Waals surface area contributed by atoms with Crippen LogP contribution in [0.4, 0.5) is 15.0 Å². The molecule has 2 aromatic heterocycles. The number of halogens is 1. The van der Waals surface area contributed by atoms with Gasteiger partial charge in [0, 0.05) is 37.0 Å². The number of anilines is 1. The summed E-state index contributed by atoms with van der Waals surface area (Å²) in [7, 11) is 3.67. The number of amides is 2. The van der Waals surface area contributed by atoms with Gasteiger partial charge in [0.1, 0.15) is 11.6 Å². The highest BCUT2D eigenvalue weighted by Crippen LogP contribution is 2.40. The van der Waals surface area contributed by atoms with Crippen molar-refractivity contribution in [2.75, 3.05) is 38.7 Å². The van der Waals surface area contributed by atoms with Crippen molar-refractivity contribution in [2.24, 2.45) is 0 Å². The maximum Gasteiger partial charge on any atom is 0.326 e. The quantitative estimate of drug-likeness (QED) is 0.621. The highest BCUT2D eigenvalue weighted by Gasteiger charge is 2.51. The van der Waals surface area contributed by atoms with Gasteiger partial charge in [0.15, 0.2) is 0 Å². The van der Waals surface area contributed by atoms with Gasteiger partial charge in [0.25, 0.3) is 0 Å². The second-order valence-electron chi connectivity index (χ2n) is 9.22. The van der Waals surface area contributed by atoms with Gasteiger partial charge in [-0.25, -0.2) is 9.18 Å². The van der Waals surface area contributed by atoms with Crippen molar-refractivity contribution < 1.29 is 13.9 Å². The Hall–Kier alpha value is -3.46. The molecule has 1 aromatic carbocycles. The molecule has 5 rings (SSSR count). The van der Waals surface area contributed by atoms with E-state index in [0.717, 1.165) is 42.6 Å². The molecule has 0 unspecified atom stereocenters. The zero-order valence-electron chi connectivity index (χ0n) is 19.7. The lowest BCUT2D eigenvalue weighted by atomic mass is 9.86. The summed E-state index contributed by atoms with van der Waals surface area (Å²) in [4.78, 5) is 24.5. The fourth-order valence-electron chi connectivity index (χ4n) is 5.02. The SMILES string of the molecule is COc1nc(N2CC3(CCN(C)CC3)N(Cc3cccc(F)c3C)C2=O)ccc1-c1cn[nH]c1. The normalized spacial score (nSPS) is 18.2. The van der Waals surface area contributed by atoms with Gasteiger partial charge in [-0.3, -0.25) is 10.00 Å². The van der Waals surface area contributed by atoms with Gasteiger partial charge >= 0.3 is 6.03 Å². The average Bonchev–Trinajstić information content (AvgIpc) is 3.47. The van der Waals surface area contributed by atoms with Crippen molar-refractivity contribution in [3.05, 3.63) is 59.7 Å². The number of aromatic amines is 1. The molecule has 0 saturated carbocycles. The largest absolute Gasteiger partial charge is 0.480 e. The Balaban J connectivity index is 1.51. The topological polar surface area (TPSA) is 77.6 Å². The van der Waals surface area contributed by atoms with Crippen LogP contribution < -0.4 is 9.64 Å². The Bertz CT molecular complexity index is 1190. The molecule has 178 valence electrons. The van der Waals surface area contributed by atoms with Crippen LogP contribution >= 0.6 is 0 Å². The number of carbonyl (C=O) groups is 1. The number of rotatable bonds is 5. The molecule has 2 saturated heterocycles. The van der Waals surface area contributed by atoms with Crippen molar-refractivity contribution in [1.82, 2.24) is 25.0 Å². The van der Waals surface area contributed by atoms with E-state index in [-0.39, 0.29) is 17.4 Å². The highest BCUT2D eigenvalue weighted by atomic mass is 19.1. The number of nitrogens with one attached hydrogen (secondary N) is 1. The minimum atomic E-state index is -0.333. The molecular weight excluding hydrogens is 435 g/mol. The number of hydrogen-bond donors (Lipinski definition) is 1. The third-order valence-corrected chi connectivity index (χ3v) is 7.24. The fraction of sp³-hybridized carbons (Fsp3) is 0.400. The van der Waals surface area contributed by atoms with Crippen molar-refractivity contribution in [1.29, 1.82) is 0 Å². The number of pyridine rings is 1. The molecule has 8 nitrogen and oxygen atoms in total. The van der Waals surface area contributed by atoms with Crippen LogP contribution in [-0.2, 0) is 6.54 Å². The second kappa shape index (κ2) is 8.72. The number of carbonyl (C=O) groups excluding carboxylic acids is 1. The predicted molar refractivity (Wildman–Crippen MR) is 127 cm³/mol. The van der Waals surface area contributed by atoms with E-state index < -0.39 is 0 Å². The average molecular weight is 465 g/mol. The number of hydrogen-bond acceptors (Lipinski definition) is 5. The Labute approximate surface area is 198 Å². The van der Waals surface area contributed by atoms with E-state index in [0.29, 0.717) is 30.4 Å². The fourth-order valence-corrected chi connectivity index (χ4v) is 5.02. The standard InChI is InChI=1S/C25H29FN6O2/c1-17-18(5-4-6-21(17)26)15-32-24(33)31(16-25(32)9-11-30(2)12-10-25)22-8-7-20(23(29-22)34-3)19-13-27-28-14-19/h4-8,13-14H,9-12,15-16H2,1-3H3,(H,27,28). The maximum atomic E-state index is 14.3. The van der Waals surface area contributed by atoms with E-state index in [2.05, 4.69) is 27.1 Å². The summed E-state index contributed by atoms with van der Waals surface area (Å²) in [6.07, 6.45) is 5.18. The van der Waals surface area contributed by atoms with Crippen LogP contribution in [0.15, 0.2) is 42.7 Å². The van der Waals surface area contributed by atoms with Crippen LogP contribution in [0.5, 0.6) is 5.88 Å². The summed E-state index contributed by atoms with van der Waals surface area (Å²) in [5.74, 6) is 0.731. The lowest BCUT2D eigenvalue weighted by molar-refractivity contribution is 0.0823. The van der Waals surface area contributed by atoms with Gasteiger partial charge in [-0.05, 0) is 56.1 Å².